The Hall–Kier alpha value is -1.40. The Morgan fingerprint density at radius 3 is 2.54 bits per heavy atom. The van der Waals surface area contributed by atoms with Gasteiger partial charge in [0.2, 0.25) is 5.91 Å². The number of amides is 1. The van der Waals surface area contributed by atoms with E-state index in [1.165, 1.54) is 12.7 Å². The first kappa shape index (κ1) is 24.0. The van der Waals surface area contributed by atoms with Crippen LogP contribution >= 0.6 is 0 Å². The number of methoxy groups -OCH3 is 1. The third-order valence-electron chi connectivity index (χ3n) is 11.6. The molecule has 0 aromatic rings. The molecule has 2 aliphatic heterocycles. The Kier molecular flexibility index (Phi) is 5.34. The minimum Gasteiger partial charge on any atom is -0.469 e. The van der Waals surface area contributed by atoms with E-state index in [2.05, 4.69) is 39.1 Å². The Bertz CT molecular complexity index is 953. The highest BCUT2D eigenvalue weighted by atomic mass is 16.7. The largest absolute Gasteiger partial charge is 0.469 e. The molecule has 0 radical (unpaired) electrons. The molecule has 1 N–H and O–H groups in total. The van der Waals surface area contributed by atoms with Gasteiger partial charge in [0, 0.05) is 30.2 Å². The summed E-state index contributed by atoms with van der Waals surface area (Å²) in [5.74, 6) is 1.07. The second-order valence-corrected chi connectivity index (χ2v) is 13.2. The highest BCUT2D eigenvalue weighted by Crippen LogP contribution is 2.73. The van der Waals surface area contributed by atoms with Crippen LogP contribution in [0.15, 0.2) is 11.6 Å². The summed E-state index contributed by atoms with van der Waals surface area (Å²) >= 11 is 0. The van der Waals surface area contributed by atoms with Gasteiger partial charge in [0.15, 0.2) is 5.79 Å². The number of ether oxygens (including phenoxy) is 3. The predicted octanol–water partition coefficient (Wildman–Crippen LogP) is 4.62. The van der Waals surface area contributed by atoms with E-state index in [9.17, 15) is 9.59 Å². The van der Waals surface area contributed by atoms with Gasteiger partial charge in [-0.15, -0.1) is 0 Å². The molecule has 2 bridgehead atoms. The fraction of sp³-hybridized carbons (Fsp3) is 0.862. The van der Waals surface area contributed by atoms with Crippen molar-refractivity contribution in [2.45, 2.75) is 90.9 Å². The van der Waals surface area contributed by atoms with E-state index in [1.807, 2.05) is 0 Å². The lowest BCUT2D eigenvalue weighted by atomic mass is 9.35. The number of nitrogens with one attached hydrogen (secondary N) is 1. The van der Waals surface area contributed by atoms with Crippen molar-refractivity contribution >= 4 is 11.9 Å². The third-order valence-corrected chi connectivity index (χ3v) is 11.6. The fourth-order valence-electron chi connectivity index (χ4n) is 10.4. The molecule has 194 valence electrons. The molecule has 8 atom stereocenters. The van der Waals surface area contributed by atoms with E-state index in [1.54, 1.807) is 0 Å². The van der Waals surface area contributed by atoms with Crippen LogP contribution in [0.3, 0.4) is 0 Å². The smallest absolute Gasteiger partial charge is 0.311 e. The van der Waals surface area contributed by atoms with Gasteiger partial charge in [-0.25, -0.2) is 0 Å². The summed E-state index contributed by atoms with van der Waals surface area (Å²) < 4.78 is 18.3. The van der Waals surface area contributed by atoms with Gasteiger partial charge >= 0.3 is 5.97 Å². The second-order valence-electron chi connectivity index (χ2n) is 13.2. The number of rotatable bonds is 2. The molecule has 2 heterocycles. The van der Waals surface area contributed by atoms with E-state index in [4.69, 9.17) is 14.2 Å². The van der Waals surface area contributed by atoms with Crippen molar-refractivity contribution in [3.63, 3.8) is 0 Å². The van der Waals surface area contributed by atoms with Crippen molar-refractivity contribution in [3.05, 3.63) is 11.6 Å². The monoisotopic (exact) mass is 485 g/mol. The topological polar surface area (TPSA) is 73.9 Å². The number of fused-ring (bicyclic) bond motifs is 1. The van der Waals surface area contributed by atoms with E-state index < -0.39 is 11.2 Å². The van der Waals surface area contributed by atoms with Crippen molar-refractivity contribution in [2.75, 3.05) is 20.3 Å². The number of hydrogen-bond donors (Lipinski definition) is 1. The van der Waals surface area contributed by atoms with Gasteiger partial charge in [0.05, 0.1) is 25.7 Å². The van der Waals surface area contributed by atoms with Crippen LogP contribution in [-0.4, -0.2) is 44.0 Å². The van der Waals surface area contributed by atoms with Crippen LogP contribution in [0.1, 0.15) is 79.1 Å². The first-order valence-corrected chi connectivity index (χ1v) is 14.0. The summed E-state index contributed by atoms with van der Waals surface area (Å²) in [7, 11) is 1.54. The molecule has 3 saturated carbocycles. The Labute approximate surface area is 209 Å². The van der Waals surface area contributed by atoms with Gasteiger partial charge in [0.1, 0.15) is 0 Å². The van der Waals surface area contributed by atoms with Crippen molar-refractivity contribution < 1.29 is 23.8 Å². The van der Waals surface area contributed by atoms with Crippen molar-refractivity contribution in [2.24, 2.45) is 45.8 Å². The maximum absolute atomic E-state index is 13.1. The summed E-state index contributed by atoms with van der Waals surface area (Å²) in [4.78, 5) is 26.2. The highest BCUT2D eigenvalue weighted by molar-refractivity contribution is 5.78. The Morgan fingerprint density at radius 2 is 1.86 bits per heavy atom. The Morgan fingerprint density at radius 1 is 1.11 bits per heavy atom. The van der Waals surface area contributed by atoms with Crippen LogP contribution in [0.2, 0.25) is 0 Å². The molecule has 7 aliphatic rings. The molecule has 0 aromatic carbocycles. The van der Waals surface area contributed by atoms with Crippen molar-refractivity contribution in [1.82, 2.24) is 5.32 Å². The van der Waals surface area contributed by atoms with E-state index in [0.717, 1.165) is 38.5 Å². The van der Waals surface area contributed by atoms with Crippen LogP contribution in [0, 0.1) is 45.8 Å². The normalized spacial score (nSPS) is 47.9. The van der Waals surface area contributed by atoms with Gasteiger partial charge in [-0.3, -0.25) is 9.59 Å². The van der Waals surface area contributed by atoms with Gasteiger partial charge in [-0.05, 0) is 68.1 Å². The quantitative estimate of drug-likeness (QED) is 0.456. The van der Waals surface area contributed by atoms with Crippen LogP contribution in [-0.2, 0) is 23.8 Å². The molecule has 7 rings (SSSR count). The molecule has 1 amide bonds. The van der Waals surface area contributed by atoms with E-state index >= 15 is 0 Å². The lowest BCUT2D eigenvalue weighted by molar-refractivity contribution is -0.253. The summed E-state index contributed by atoms with van der Waals surface area (Å²) in [6.45, 7) is 10.5. The maximum Gasteiger partial charge on any atom is 0.311 e. The zero-order chi connectivity index (χ0) is 24.8. The zero-order valence-corrected chi connectivity index (χ0v) is 22.2. The molecule has 5 aliphatic carbocycles. The zero-order valence-electron chi connectivity index (χ0n) is 22.2. The third kappa shape index (κ3) is 3.02. The standard InChI is InChI=1S/C29H43NO5/c1-17(2)19-16-28-11-7-20-26(3,9-6-10-27(20,4)25(32)33-5)21(28)15-18(19)23-24(28)30-22(31)8-12-29(23)34-13-14-35-29/h16-18,20-21,23-24H,6-15H2,1-5H3,(H,30,31)/t18-,20+,21+,23+,24+,26-,27+,28-/m0/s1. The first-order chi connectivity index (χ1) is 16.6. The van der Waals surface area contributed by atoms with E-state index in [-0.39, 0.29) is 34.7 Å². The minimum absolute atomic E-state index is 0.0194. The number of allylic oxidation sites excluding steroid dienone is 1. The molecule has 5 fully saturated rings. The molecule has 2 saturated heterocycles. The highest BCUT2D eigenvalue weighted by Gasteiger charge is 2.72. The van der Waals surface area contributed by atoms with Crippen molar-refractivity contribution in [1.29, 1.82) is 0 Å². The maximum atomic E-state index is 13.1. The molecule has 35 heavy (non-hydrogen) atoms. The lowest BCUT2D eigenvalue weighted by Gasteiger charge is -2.70. The summed E-state index contributed by atoms with van der Waals surface area (Å²) in [6, 6.07) is 0.0194. The average Bonchev–Trinajstić information content (AvgIpc) is 3.25. The number of carbonyl (C=O) groups is 2. The molecule has 0 aromatic heterocycles. The van der Waals surface area contributed by atoms with Crippen LogP contribution < -0.4 is 5.32 Å². The number of carbonyl (C=O) groups excluding carboxylic acids is 2. The van der Waals surface area contributed by atoms with Gasteiger partial charge < -0.3 is 19.5 Å². The molecule has 2 spiro atoms. The summed E-state index contributed by atoms with van der Waals surface area (Å²) in [5, 5.41) is 3.55. The van der Waals surface area contributed by atoms with Gasteiger partial charge in [0.25, 0.3) is 0 Å². The summed E-state index contributed by atoms with van der Waals surface area (Å²) in [5.41, 5.74) is 1.01. The van der Waals surface area contributed by atoms with Crippen LogP contribution in [0.5, 0.6) is 0 Å². The lowest BCUT2D eigenvalue weighted by Crippen LogP contribution is -2.71. The minimum atomic E-state index is -0.661. The van der Waals surface area contributed by atoms with Crippen molar-refractivity contribution in [3.8, 4) is 0 Å². The second kappa shape index (κ2) is 7.80. The molecule has 6 heteroatoms. The van der Waals surface area contributed by atoms with Crippen LogP contribution in [0.25, 0.3) is 0 Å². The SMILES string of the molecule is COC(=O)[C@]1(C)CCC[C@]2(C)[C@H]3C[C@H]4C(C(C)C)=C[C@]3(CC[C@H]21)[C@@H]1NC(=O)CCC2(OCCO2)[C@@H]14. The predicted molar refractivity (Wildman–Crippen MR) is 131 cm³/mol. The molecular formula is C29H43NO5. The van der Waals surface area contributed by atoms with E-state index in [0.29, 0.717) is 49.7 Å². The average molecular weight is 486 g/mol. The number of hydrogen-bond acceptors (Lipinski definition) is 5. The van der Waals surface area contributed by atoms with Gasteiger partial charge in [-0.1, -0.05) is 38.8 Å². The van der Waals surface area contributed by atoms with Gasteiger partial charge in [-0.2, -0.15) is 0 Å². The first-order valence-electron chi connectivity index (χ1n) is 14.0. The summed E-state index contributed by atoms with van der Waals surface area (Å²) in [6.07, 6.45) is 9.87. The fourth-order valence-corrected chi connectivity index (χ4v) is 10.4. The molecule has 0 unspecified atom stereocenters. The molecular weight excluding hydrogens is 442 g/mol. The Balaban J connectivity index is 1.50. The number of esters is 1. The molecule has 6 nitrogen and oxygen atoms in total. The van der Waals surface area contributed by atoms with Crippen LogP contribution in [0.4, 0.5) is 0 Å².